The normalized spacial score (nSPS) is 14.3. The van der Waals surface area contributed by atoms with Crippen molar-refractivity contribution in [1.29, 1.82) is 0 Å². The third kappa shape index (κ3) is 2.15. The number of imidazole rings is 1. The molecular formula is C18H15N5O. The van der Waals surface area contributed by atoms with Gasteiger partial charge in [-0.25, -0.2) is 9.97 Å². The second-order valence-corrected chi connectivity index (χ2v) is 6.17. The average Bonchev–Trinajstić information content (AvgIpc) is 3.20. The number of hydrogen-bond donors (Lipinski definition) is 2. The van der Waals surface area contributed by atoms with Gasteiger partial charge in [0.25, 0.3) is 0 Å². The molecule has 1 aliphatic carbocycles. The van der Waals surface area contributed by atoms with E-state index < -0.39 is 0 Å². The molecular weight excluding hydrogens is 302 g/mol. The Morgan fingerprint density at radius 2 is 2.17 bits per heavy atom. The molecule has 4 aromatic rings. The maximum atomic E-state index is 11.9. The van der Waals surface area contributed by atoms with Crippen LogP contribution in [-0.4, -0.2) is 25.3 Å². The molecule has 0 spiro atoms. The minimum atomic E-state index is 0.0680. The highest BCUT2D eigenvalue weighted by atomic mass is 16.2. The van der Waals surface area contributed by atoms with Gasteiger partial charge in [-0.1, -0.05) is 0 Å². The molecule has 0 unspecified atom stereocenters. The minimum absolute atomic E-state index is 0.0680. The van der Waals surface area contributed by atoms with Gasteiger partial charge in [-0.2, -0.15) is 0 Å². The number of anilines is 1. The number of rotatable bonds is 3. The number of hydrogen-bond acceptors (Lipinski definition) is 3. The molecule has 6 nitrogen and oxygen atoms in total. The Bertz CT molecular complexity index is 1070. The van der Waals surface area contributed by atoms with E-state index in [1.54, 1.807) is 6.20 Å². The van der Waals surface area contributed by atoms with Gasteiger partial charge < -0.3 is 14.7 Å². The molecule has 0 aromatic carbocycles. The Labute approximate surface area is 137 Å². The maximum absolute atomic E-state index is 11.9. The van der Waals surface area contributed by atoms with Crippen molar-refractivity contribution in [2.75, 3.05) is 5.32 Å². The quantitative estimate of drug-likeness (QED) is 0.609. The summed E-state index contributed by atoms with van der Waals surface area (Å²) in [5.74, 6) is 0.831. The van der Waals surface area contributed by atoms with E-state index in [2.05, 4.69) is 26.3 Å². The predicted octanol–water partition coefficient (Wildman–Crippen LogP) is 3.23. The van der Waals surface area contributed by atoms with Crippen LogP contribution in [-0.2, 0) is 4.79 Å². The molecule has 1 amide bonds. The number of H-pyrrole nitrogens is 1. The maximum Gasteiger partial charge on any atom is 0.228 e. The van der Waals surface area contributed by atoms with Crippen LogP contribution in [0.3, 0.4) is 0 Å². The molecule has 1 saturated carbocycles. The highest BCUT2D eigenvalue weighted by Crippen LogP contribution is 2.31. The summed E-state index contributed by atoms with van der Waals surface area (Å²) in [6.07, 6.45) is 9.61. The van der Waals surface area contributed by atoms with Gasteiger partial charge in [0.15, 0.2) is 0 Å². The van der Waals surface area contributed by atoms with E-state index in [-0.39, 0.29) is 11.8 Å². The first-order valence-electron chi connectivity index (χ1n) is 8.00. The number of aromatic nitrogens is 4. The Kier molecular flexibility index (Phi) is 2.73. The summed E-state index contributed by atoms with van der Waals surface area (Å²) in [7, 11) is 0. The number of amides is 1. The number of nitrogens with zero attached hydrogens (tertiary/aromatic N) is 3. The second-order valence-electron chi connectivity index (χ2n) is 6.17. The van der Waals surface area contributed by atoms with Crippen LogP contribution >= 0.6 is 0 Å². The van der Waals surface area contributed by atoms with Gasteiger partial charge in [0, 0.05) is 41.7 Å². The number of aromatic amines is 1. The fourth-order valence-corrected chi connectivity index (χ4v) is 2.96. The number of carbonyl (C=O) groups is 1. The summed E-state index contributed by atoms with van der Waals surface area (Å²) in [5, 5.41) is 3.91. The van der Waals surface area contributed by atoms with Crippen LogP contribution in [0.15, 0.2) is 49.1 Å². The number of fused-ring (bicyclic) bond motifs is 2. The van der Waals surface area contributed by atoms with Crippen molar-refractivity contribution in [2.45, 2.75) is 12.8 Å². The fraction of sp³-hybridized carbons (Fsp3) is 0.167. The molecule has 24 heavy (non-hydrogen) atoms. The van der Waals surface area contributed by atoms with Gasteiger partial charge in [0.2, 0.25) is 5.91 Å². The van der Waals surface area contributed by atoms with E-state index in [1.807, 2.05) is 41.2 Å². The molecule has 2 N–H and O–H groups in total. The predicted molar refractivity (Wildman–Crippen MR) is 91.6 cm³/mol. The second kappa shape index (κ2) is 4.92. The Balaban J connectivity index is 1.53. The monoisotopic (exact) mass is 317 g/mol. The summed E-state index contributed by atoms with van der Waals surface area (Å²) in [4.78, 5) is 23.9. The van der Waals surface area contributed by atoms with Crippen LogP contribution in [0.1, 0.15) is 12.8 Å². The molecule has 4 aromatic heterocycles. The molecule has 6 heteroatoms. The zero-order chi connectivity index (χ0) is 16.1. The van der Waals surface area contributed by atoms with Crippen molar-refractivity contribution in [3.05, 3.63) is 49.1 Å². The molecule has 118 valence electrons. The first kappa shape index (κ1) is 13.3. The van der Waals surface area contributed by atoms with Gasteiger partial charge in [0.05, 0.1) is 0 Å². The summed E-state index contributed by atoms with van der Waals surface area (Å²) in [6.45, 7) is 0. The molecule has 4 heterocycles. The smallest absolute Gasteiger partial charge is 0.228 e. The first-order chi connectivity index (χ1) is 11.8. The average molecular weight is 317 g/mol. The summed E-state index contributed by atoms with van der Waals surface area (Å²) in [5.41, 5.74) is 3.82. The summed E-state index contributed by atoms with van der Waals surface area (Å²) >= 11 is 0. The lowest BCUT2D eigenvalue weighted by molar-refractivity contribution is -0.117. The van der Waals surface area contributed by atoms with Crippen molar-refractivity contribution in [3.8, 4) is 11.1 Å². The lowest BCUT2D eigenvalue weighted by atomic mass is 10.1. The first-order valence-corrected chi connectivity index (χ1v) is 8.00. The van der Waals surface area contributed by atoms with Gasteiger partial charge in [-0.15, -0.1) is 0 Å². The fourth-order valence-electron chi connectivity index (χ4n) is 2.96. The molecule has 0 radical (unpaired) electrons. The number of carbonyl (C=O) groups excluding carboxylic acids is 1. The Morgan fingerprint density at radius 3 is 3.04 bits per heavy atom. The molecule has 5 rings (SSSR count). The lowest BCUT2D eigenvalue weighted by Gasteiger charge is -2.04. The third-order valence-corrected chi connectivity index (χ3v) is 4.45. The topological polar surface area (TPSA) is 75.1 Å². The third-order valence-electron chi connectivity index (χ3n) is 4.45. The zero-order valence-corrected chi connectivity index (χ0v) is 12.9. The highest BCUT2D eigenvalue weighted by Gasteiger charge is 2.29. The van der Waals surface area contributed by atoms with Crippen molar-refractivity contribution >= 4 is 28.4 Å². The molecule has 0 atom stereocenters. The van der Waals surface area contributed by atoms with E-state index in [0.29, 0.717) is 5.82 Å². The Hall–Kier alpha value is -3.15. The van der Waals surface area contributed by atoms with Crippen LogP contribution in [0.2, 0.25) is 0 Å². The minimum Gasteiger partial charge on any atom is -0.345 e. The number of pyridine rings is 2. The van der Waals surface area contributed by atoms with Crippen molar-refractivity contribution in [2.24, 2.45) is 5.92 Å². The van der Waals surface area contributed by atoms with Crippen LogP contribution in [0.5, 0.6) is 0 Å². The number of nitrogens with one attached hydrogen (secondary N) is 2. The SMILES string of the molecule is O=C(Nc1ccc2c(-c3ccn4ccnc4c3)c[nH]c2n1)C1CC1. The van der Waals surface area contributed by atoms with E-state index in [4.69, 9.17) is 0 Å². The Morgan fingerprint density at radius 1 is 1.25 bits per heavy atom. The molecule has 0 bridgehead atoms. The van der Waals surface area contributed by atoms with Crippen LogP contribution < -0.4 is 5.32 Å². The van der Waals surface area contributed by atoms with Gasteiger partial charge in [-0.05, 0) is 42.7 Å². The molecule has 1 aliphatic rings. The lowest BCUT2D eigenvalue weighted by Crippen LogP contribution is -2.14. The van der Waals surface area contributed by atoms with E-state index in [0.717, 1.165) is 40.6 Å². The van der Waals surface area contributed by atoms with Crippen molar-refractivity contribution in [1.82, 2.24) is 19.4 Å². The van der Waals surface area contributed by atoms with Gasteiger partial charge in [0.1, 0.15) is 17.1 Å². The van der Waals surface area contributed by atoms with Crippen LogP contribution in [0, 0.1) is 5.92 Å². The van der Waals surface area contributed by atoms with Crippen LogP contribution in [0.25, 0.3) is 27.8 Å². The molecule has 0 aliphatic heterocycles. The highest BCUT2D eigenvalue weighted by molar-refractivity contribution is 5.97. The van der Waals surface area contributed by atoms with Gasteiger partial charge >= 0.3 is 0 Å². The largest absolute Gasteiger partial charge is 0.345 e. The van der Waals surface area contributed by atoms with Gasteiger partial charge in [-0.3, -0.25) is 4.79 Å². The van der Waals surface area contributed by atoms with Crippen molar-refractivity contribution < 1.29 is 4.79 Å². The van der Waals surface area contributed by atoms with E-state index >= 15 is 0 Å². The standard InChI is InChI=1S/C18H15N5O/c24-18(11-1-2-11)22-15-4-3-13-14(10-20-17(13)21-15)12-5-7-23-8-6-19-16(23)9-12/h3-11H,1-2H2,(H2,20,21,22,24). The van der Waals surface area contributed by atoms with E-state index in [9.17, 15) is 4.79 Å². The molecule has 1 fully saturated rings. The van der Waals surface area contributed by atoms with E-state index in [1.165, 1.54) is 0 Å². The summed E-state index contributed by atoms with van der Waals surface area (Å²) < 4.78 is 1.97. The van der Waals surface area contributed by atoms with Crippen molar-refractivity contribution in [3.63, 3.8) is 0 Å². The van der Waals surface area contributed by atoms with Crippen LogP contribution in [0.4, 0.5) is 5.82 Å². The summed E-state index contributed by atoms with van der Waals surface area (Å²) in [6, 6.07) is 7.95. The molecule has 0 saturated heterocycles. The zero-order valence-electron chi connectivity index (χ0n) is 12.9.